The van der Waals surface area contributed by atoms with Gasteiger partial charge < -0.3 is 0 Å². The molecule has 0 amide bonds. The van der Waals surface area contributed by atoms with Crippen LogP contribution in [-0.2, 0) is 0 Å². The lowest BCUT2D eigenvalue weighted by molar-refractivity contribution is 0.928. The van der Waals surface area contributed by atoms with E-state index in [0.29, 0.717) is 52.4 Å². The van der Waals surface area contributed by atoms with Gasteiger partial charge in [-0.15, -0.1) is 0 Å². The van der Waals surface area contributed by atoms with Gasteiger partial charge >= 0.3 is 0 Å². The maximum Gasteiger partial charge on any atom is 0.164 e. The molecular formula is C36H28N10. The molecule has 0 fully saturated rings. The highest BCUT2D eigenvalue weighted by Crippen LogP contribution is 2.32. The van der Waals surface area contributed by atoms with Crippen LogP contribution >= 0.6 is 0 Å². The molecule has 46 heavy (non-hydrogen) atoms. The lowest BCUT2D eigenvalue weighted by Crippen LogP contribution is -2.02. The third-order valence-corrected chi connectivity index (χ3v) is 7.25. The van der Waals surface area contributed by atoms with Gasteiger partial charge in [0.15, 0.2) is 29.1 Å². The van der Waals surface area contributed by atoms with Crippen LogP contribution in [0.5, 0.6) is 0 Å². The Morgan fingerprint density at radius 3 is 1.15 bits per heavy atom. The van der Waals surface area contributed by atoms with E-state index in [1.165, 1.54) is 0 Å². The fourth-order valence-corrected chi connectivity index (χ4v) is 5.21. The Hall–Kier alpha value is -6.16. The second-order valence-corrected chi connectivity index (χ2v) is 10.8. The minimum Gasteiger partial charge on any atom is -0.265 e. The molecule has 0 N–H and O–H groups in total. The predicted molar refractivity (Wildman–Crippen MR) is 176 cm³/mol. The van der Waals surface area contributed by atoms with Crippen molar-refractivity contribution >= 4 is 0 Å². The molecular weight excluding hydrogens is 572 g/mol. The highest BCUT2D eigenvalue weighted by Gasteiger charge is 2.16. The lowest BCUT2D eigenvalue weighted by Gasteiger charge is -2.12. The fraction of sp³-hybridized carbons (Fsp3) is 0.111. The number of hydrogen-bond donors (Lipinski definition) is 0. The summed E-state index contributed by atoms with van der Waals surface area (Å²) < 4.78 is 0. The first kappa shape index (κ1) is 28.6. The fourth-order valence-electron chi connectivity index (χ4n) is 5.21. The summed E-state index contributed by atoms with van der Waals surface area (Å²) in [6, 6.07) is 27.9. The SMILES string of the molecule is Cc1nc(C)nc(-c2ccc(-c3nc(-c4ccccc4)nc(-c4cc(-c5ccncc5)cc(-c5nc(C)nc(C)n5)c4)n3)cc2)n1. The molecule has 4 aromatic heterocycles. The minimum absolute atomic E-state index is 0.524. The standard InChI is InChI=1S/C36H28N10/c1-21-38-22(2)41-32(40-21)27-10-12-28(13-11-27)34-44-33(26-8-6-5-7-9-26)45-36(46-34)31-19-29(25-14-16-37-17-15-25)18-30(20-31)35-42-23(3)39-24(4)43-35/h5-20H,1-4H3. The summed E-state index contributed by atoms with van der Waals surface area (Å²) in [5.41, 5.74) is 6.18. The van der Waals surface area contributed by atoms with Gasteiger partial charge in [0.2, 0.25) is 0 Å². The van der Waals surface area contributed by atoms with Crippen LogP contribution in [0.25, 0.3) is 68.1 Å². The number of aryl methyl sites for hydroxylation is 4. The molecule has 10 nitrogen and oxygen atoms in total. The molecule has 0 saturated carbocycles. The van der Waals surface area contributed by atoms with E-state index >= 15 is 0 Å². The van der Waals surface area contributed by atoms with E-state index in [2.05, 4.69) is 47.0 Å². The molecule has 0 unspecified atom stereocenters. The third-order valence-electron chi connectivity index (χ3n) is 7.25. The highest BCUT2D eigenvalue weighted by molar-refractivity contribution is 5.78. The van der Waals surface area contributed by atoms with E-state index < -0.39 is 0 Å². The van der Waals surface area contributed by atoms with Crippen LogP contribution in [0.3, 0.4) is 0 Å². The summed E-state index contributed by atoms with van der Waals surface area (Å²) in [7, 11) is 0. The van der Waals surface area contributed by atoms with Gasteiger partial charge in [0, 0.05) is 40.2 Å². The summed E-state index contributed by atoms with van der Waals surface area (Å²) in [5, 5.41) is 0. The average molecular weight is 601 g/mol. The minimum atomic E-state index is 0.524. The van der Waals surface area contributed by atoms with Crippen molar-refractivity contribution < 1.29 is 0 Å². The largest absolute Gasteiger partial charge is 0.265 e. The van der Waals surface area contributed by atoms with E-state index in [0.717, 1.165) is 38.9 Å². The summed E-state index contributed by atoms with van der Waals surface area (Å²) in [4.78, 5) is 46.1. The van der Waals surface area contributed by atoms with Crippen molar-refractivity contribution in [2.75, 3.05) is 0 Å². The smallest absolute Gasteiger partial charge is 0.164 e. The number of hydrogen-bond acceptors (Lipinski definition) is 10. The van der Waals surface area contributed by atoms with E-state index in [1.54, 1.807) is 12.4 Å². The number of aromatic nitrogens is 10. The Kier molecular flexibility index (Phi) is 7.51. The maximum atomic E-state index is 5.01. The van der Waals surface area contributed by atoms with Gasteiger partial charge in [0.25, 0.3) is 0 Å². The van der Waals surface area contributed by atoms with Gasteiger partial charge in [-0.25, -0.2) is 44.9 Å². The third kappa shape index (κ3) is 6.09. The normalized spacial score (nSPS) is 11.0. The Balaban J connectivity index is 1.40. The Morgan fingerprint density at radius 1 is 0.304 bits per heavy atom. The van der Waals surface area contributed by atoms with Crippen LogP contribution in [0, 0.1) is 27.7 Å². The van der Waals surface area contributed by atoms with Gasteiger partial charge in [-0.2, -0.15) is 0 Å². The zero-order valence-electron chi connectivity index (χ0n) is 25.7. The Morgan fingerprint density at radius 2 is 0.674 bits per heavy atom. The molecule has 222 valence electrons. The number of pyridine rings is 1. The number of benzene rings is 3. The first-order chi connectivity index (χ1) is 22.4. The first-order valence-electron chi connectivity index (χ1n) is 14.7. The Bertz CT molecular complexity index is 2140. The molecule has 0 aliphatic heterocycles. The maximum absolute atomic E-state index is 5.01. The molecule has 4 heterocycles. The van der Waals surface area contributed by atoms with Gasteiger partial charge in [-0.1, -0.05) is 54.6 Å². The van der Waals surface area contributed by atoms with Crippen molar-refractivity contribution in [3.63, 3.8) is 0 Å². The van der Waals surface area contributed by atoms with E-state index in [1.807, 2.05) is 100 Å². The van der Waals surface area contributed by atoms with E-state index in [-0.39, 0.29) is 0 Å². The molecule has 0 radical (unpaired) electrons. The molecule has 0 aliphatic carbocycles. The molecule has 0 bridgehead atoms. The van der Waals surface area contributed by atoms with Crippen molar-refractivity contribution in [2.45, 2.75) is 27.7 Å². The topological polar surface area (TPSA) is 129 Å². The zero-order chi connectivity index (χ0) is 31.6. The van der Waals surface area contributed by atoms with Crippen molar-refractivity contribution in [1.82, 2.24) is 49.8 Å². The molecule has 0 spiro atoms. The second kappa shape index (κ2) is 12.1. The summed E-state index contributed by atoms with van der Waals surface area (Å²) >= 11 is 0. The van der Waals surface area contributed by atoms with Crippen molar-refractivity contribution in [3.8, 4) is 68.1 Å². The quantitative estimate of drug-likeness (QED) is 0.199. The van der Waals surface area contributed by atoms with Crippen molar-refractivity contribution in [3.05, 3.63) is 121 Å². The predicted octanol–water partition coefficient (Wildman–Crippen LogP) is 6.87. The molecule has 10 heteroatoms. The van der Waals surface area contributed by atoms with Gasteiger partial charge in [0.1, 0.15) is 23.3 Å². The van der Waals surface area contributed by atoms with Gasteiger partial charge in [0.05, 0.1) is 0 Å². The van der Waals surface area contributed by atoms with Crippen molar-refractivity contribution in [2.24, 2.45) is 0 Å². The zero-order valence-corrected chi connectivity index (χ0v) is 25.7. The molecule has 0 atom stereocenters. The molecule has 7 aromatic rings. The van der Waals surface area contributed by atoms with Crippen LogP contribution < -0.4 is 0 Å². The molecule has 0 aliphatic rings. The number of nitrogens with zero attached hydrogens (tertiary/aromatic N) is 10. The molecule has 7 rings (SSSR count). The van der Waals surface area contributed by atoms with Crippen molar-refractivity contribution in [1.29, 1.82) is 0 Å². The Labute approximate surface area is 265 Å². The first-order valence-corrected chi connectivity index (χ1v) is 14.7. The summed E-state index contributed by atoms with van der Waals surface area (Å²) in [5.74, 6) is 5.50. The van der Waals surface area contributed by atoms with Crippen LogP contribution in [-0.4, -0.2) is 49.8 Å². The van der Waals surface area contributed by atoms with Gasteiger partial charge in [-0.3, -0.25) is 4.98 Å². The van der Waals surface area contributed by atoms with E-state index in [9.17, 15) is 0 Å². The van der Waals surface area contributed by atoms with Gasteiger partial charge in [-0.05, 0) is 69.2 Å². The molecule has 0 saturated heterocycles. The van der Waals surface area contributed by atoms with Crippen LogP contribution in [0.1, 0.15) is 23.3 Å². The van der Waals surface area contributed by atoms with E-state index in [4.69, 9.17) is 15.0 Å². The van der Waals surface area contributed by atoms with Crippen LogP contribution in [0.4, 0.5) is 0 Å². The second-order valence-electron chi connectivity index (χ2n) is 10.8. The average Bonchev–Trinajstić information content (AvgIpc) is 3.08. The number of rotatable bonds is 6. The van der Waals surface area contributed by atoms with Crippen LogP contribution in [0.2, 0.25) is 0 Å². The highest BCUT2D eigenvalue weighted by atomic mass is 15.0. The summed E-state index contributed by atoms with van der Waals surface area (Å²) in [6.07, 6.45) is 3.55. The lowest BCUT2D eigenvalue weighted by atomic mass is 9.99. The van der Waals surface area contributed by atoms with Crippen LogP contribution in [0.15, 0.2) is 97.3 Å². The summed E-state index contributed by atoms with van der Waals surface area (Å²) in [6.45, 7) is 7.46. The molecule has 3 aromatic carbocycles. The monoisotopic (exact) mass is 600 g/mol.